The number of fused-ring (bicyclic) bond motifs is 6. The third-order valence-electron chi connectivity index (χ3n) is 8.19. The number of carbonyl (C=O) groups is 2. The lowest BCUT2D eigenvalue weighted by atomic mass is 9.89. The molecule has 1 N–H and O–H groups in total. The van der Waals surface area contributed by atoms with Crippen molar-refractivity contribution in [3.05, 3.63) is 12.2 Å². The molecule has 0 amide bonds. The molecule has 3 nitrogen and oxygen atoms in total. The number of aliphatic carboxylic acids is 1. The van der Waals surface area contributed by atoms with Crippen molar-refractivity contribution in [1.82, 2.24) is 0 Å². The summed E-state index contributed by atoms with van der Waals surface area (Å²) in [5.41, 5.74) is 0. The zero-order valence-corrected chi connectivity index (χ0v) is 16.5. The summed E-state index contributed by atoms with van der Waals surface area (Å²) in [6, 6.07) is 0. The summed E-state index contributed by atoms with van der Waals surface area (Å²) in [6.07, 6.45) is 20.2. The van der Waals surface area contributed by atoms with E-state index < -0.39 is 5.97 Å². The summed E-state index contributed by atoms with van der Waals surface area (Å²) < 4.78 is 0. The molecule has 8 atom stereocenters. The number of carboxylic acid groups (broad SMARTS) is 1. The fourth-order valence-corrected chi connectivity index (χ4v) is 6.72. The molecular formula is C23H34BO3. The molecule has 5 saturated carbocycles. The molecule has 8 unspecified atom stereocenters. The fourth-order valence-electron chi connectivity index (χ4n) is 6.72. The molecule has 0 saturated heterocycles. The van der Waals surface area contributed by atoms with Crippen LogP contribution in [0.3, 0.4) is 0 Å². The van der Waals surface area contributed by atoms with Gasteiger partial charge in [-0.05, 0) is 93.3 Å². The highest BCUT2D eigenvalue weighted by molar-refractivity contribution is 5.75. The molecule has 0 aromatic heterocycles. The van der Waals surface area contributed by atoms with Crippen LogP contribution in [0.25, 0.3) is 0 Å². The average molecular weight is 369 g/mol. The maximum atomic E-state index is 10.6. The van der Waals surface area contributed by atoms with E-state index in [1.54, 1.807) is 0 Å². The number of rotatable bonds is 2. The van der Waals surface area contributed by atoms with Crippen LogP contribution in [0, 0.1) is 47.3 Å². The average Bonchev–Trinajstić information content (AvgIpc) is 3.49. The van der Waals surface area contributed by atoms with E-state index >= 15 is 0 Å². The van der Waals surface area contributed by atoms with E-state index in [-0.39, 0.29) is 14.3 Å². The summed E-state index contributed by atoms with van der Waals surface area (Å²) in [7, 11) is 0. The Morgan fingerprint density at radius 2 is 1.37 bits per heavy atom. The van der Waals surface area contributed by atoms with Crippen molar-refractivity contribution in [3.8, 4) is 0 Å². The molecule has 5 fully saturated rings. The molecule has 27 heavy (non-hydrogen) atoms. The van der Waals surface area contributed by atoms with Gasteiger partial charge in [-0.1, -0.05) is 25.0 Å². The molecule has 147 valence electrons. The number of hydrogen-bond acceptors (Lipinski definition) is 2. The van der Waals surface area contributed by atoms with Crippen molar-refractivity contribution in [2.24, 2.45) is 47.3 Å². The van der Waals surface area contributed by atoms with Gasteiger partial charge in [0.25, 0.3) is 0 Å². The van der Waals surface area contributed by atoms with Gasteiger partial charge in [0.05, 0.1) is 5.92 Å². The highest BCUT2D eigenvalue weighted by Gasteiger charge is 2.43. The predicted octanol–water partition coefficient (Wildman–Crippen LogP) is 4.72. The number of carboxylic acids is 1. The number of allylic oxidation sites excluding steroid dienone is 2. The smallest absolute Gasteiger partial charge is 0.306 e. The first-order chi connectivity index (χ1) is 12.6. The minimum absolute atomic E-state index is 0. The molecule has 6 bridgehead atoms. The summed E-state index contributed by atoms with van der Waals surface area (Å²) in [6.45, 7) is 0. The first kappa shape index (κ1) is 20.7. The number of aldehydes is 1. The van der Waals surface area contributed by atoms with Gasteiger partial charge in [0.1, 0.15) is 6.29 Å². The van der Waals surface area contributed by atoms with E-state index in [9.17, 15) is 9.59 Å². The molecule has 0 aromatic rings. The van der Waals surface area contributed by atoms with Gasteiger partial charge in [0.15, 0.2) is 0 Å². The van der Waals surface area contributed by atoms with Crippen LogP contribution >= 0.6 is 0 Å². The van der Waals surface area contributed by atoms with E-state index in [0.29, 0.717) is 11.8 Å². The largest absolute Gasteiger partial charge is 0.481 e. The molecular weight excluding hydrogens is 335 g/mol. The van der Waals surface area contributed by atoms with Crippen molar-refractivity contribution in [2.45, 2.75) is 70.6 Å². The first-order valence-corrected chi connectivity index (χ1v) is 11.0. The fraction of sp³-hybridized carbons (Fsp3) is 0.826. The van der Waals surface area contributed by atoms with Gasteiger partial charge in [0, 0.05) is 14.3 Å². The van der Waals surface area contributed by atoms with Gasteiger partial charge in [-0.25, -0.2) is 0 Å². The van der Waals surface area contributed by atoms with Crippen LogP contribution in [-0.2, 0) is 9.59 Å². The Labute approximate surface area is 165 Å². The quantitative estimate of drug-likeness (QED) is 0.435. The Bertz CT molecular complexity index is 548. The molecule has 0 heterocycles. The highest BCUT2D eigenvalue weighted by Crippen LogP contribution is 2.48. The highest BCUT2D eigenvalue weighted by atomic mass is 16.4. The minimum atomic E-state index is -0.563. The lowest BCUT2D eigenvalue weighted by molar-refractivity contribution is -0.143. The van der Waals surface area contributed by atoms with Crippen LogP contribution < -0.4 is 0 Å². The van der Waals surface area contributed by atoms with Crippen molar-refractivity contribution in [1.29, 1.82) is 0 Å². The van der Waals surface area contributed by atoms with Crippen molar-refractivity contribution in [3.63, 3.8) is 0 Å². The van der Waals surface area contributed by atoms with Gasteiger partial charge in [0.2, 0.25) is 0 Å². The zero-order valence-electron chi connectivity index (χ0n) is 16.5. The number of carbonyl (C=O) groups excluding carboxylic acids is 1. The van der Waals surface area contributed by atoms with Crippen LogP contribution in [0.4, 0.5) is 0 Å². The summed E-state index contributed by atoms with van der Waals surface area (Å²) in [5.74, 6) is 4.87. The van der Waals surface area contributed by atoms with Crippen LogP contribution in [0.1, 0.15) is 70.6 Å². The van der Waals surface area contributed by atoms with E-state index in [1.807, 2.05) is 0 Å². The predicted molar refractivity (Wildman–Crippen MR) is 107 cm³/mol. The summed E-state index contributed by atoms with van der Waals surface area (Å²) in [5, 5.41) is 8.74. The van der Waals surface area contributed by atoms with E-state index in [4.69, 9.17) is 5.11 Å². The lowest BCUT2D eigenvalue weighted by Gasteiger charge is -2.16. The van der Waals surface area contributed by atoms with Gasteiger partial charge < -0.3 is 9.90 Å². The molecule has 4 heteroatoms. The second-order valence-corrected chi connectivity index (χ2v) is 9.81. The summed E-state index contributed by atoms with van der Waals surface area (Å²) >= 11 is 0. The Balaban J connectivity index is 0.000000116. The van der Waals surface area contributed by atoms with Crippen LogP contribution in [-0.4, -0.2) is 25.8 Å². The van der Waals surface area contributed by atoms with E-state index in [2.05, 4.69) is 12.2 Å². The van der Waals surface area contributed by atoms with Crippen LogP contribution in [0.15, 0.2) is 12.2 Å². The Kier molecular flexibility index (Phi) is 6.86. The Morgan fingerprint density at radius 1 is 0.778 bits per heavy atom. The standard InChI is InChI=1S/C8H12O2.C8H12O.C7H10.B/c9-8(10)7-4-5-1-2-6(7)3-5;9-5-8-4-6-1-2-7(8)3-6;1-2-7-4-3-6(1)5-7;/h5-7H,1-4H2,(H,9,10);5-8H,1-4H2;1-2,6-7H,3-5H2;. The van der Waals surface area contributed by atoms with Gasteiger partial charge in [-0.15, -0.1) is 0 Å². The van der Waals surface area contributed by atoms with Crippen molar-refractivity contribution >= 4 is 20.7 Å². The third-order valence-corrected chi connectivity index (χ3v) is 8.19. The molecule has 6 aliphatic carbocycles. The third kappa shape index (κ3) is 4.68. The Hall–Kier alpha value is -1.06. The molecule has 0 aliphatic heterocycles. The van der Waals surface area contributed by atoms with Crippen LogP contribution in [0.5, 0.6) is 0 Å². The lowest BCUT2D eigenvalue weighted by Crippen LogP contribution is -2.19. The normalized spacial score (nSPS) is 44.1. The first-order valence-electron chi connectivity index (χ1n) is 11.0. The minimum Gasteiger partial charge on any atom is -0.481 e. The maximum Gasteiger partial charge on any atom is 0.306 e. The van der Waals surface area contributed by atoms with Gasteiger partial charge >= 0.3 is 5.97 Å². The molecule has 3 radical (unpaired) electrons. The maximum absolute atomic E-state index is 10.6. The molecule has 0 aromatic carbocycles. The molecule has 6 rings (SSSR count). The SMILES string of the molecule is C1=CC2CCC1C2.O=C(O)C1CC2CCC1C2.O=CC1CC2CCC1C2.[B]. The zero-order chi connectivity index (χ0) is 18.1. The number of hydrogen-bond donors (Lipinski definition) is 1. The molecule has 6 aliphatic rings. The van der Waals surface area contributed by atoms with Gasteiger partial charge in [-0.3, -0.25) is 4.79 Å². The second kappa shape index (κ2) is 8.96. The Morgan fingerprint density at radius 3 is 1.59 bits per heavy atom. The van der Waals surface area contributed by atoms with Crippen molar-refractivity contribution < 1.29 is 14.7 Å². The van der Waals surface area contributed by atoms with Crippen LogP contribution in [0.2, 0.25) is 0 Å². The second-order valence-electron chi connectivity index (χ2n) is 9.81. The molecule has 0 spiro atoms. The van der Waals surface area contributed by atoms with Gasteiger partial charge in [-0.2, -0.15) is 0 Å². The van der Waals surface area contributed by atoms with Crippen molar-refractivity contribution in [2.75, 3.05) is 0 Å². The van der Waals surface area contributed by atoms with E-state index in [1.165, 1.54) is 70.5 Å². The monoisotopic (exact) mass is 369 g/mol. The topological polar surface area (TPSA) is 54.4 Å². The van der Waals surface area contributed by atoms with E-state index in [0.717, 1.165) is 36.0 Å². The summed E-state index contributed by atoms with van der Waals surface area (Å²) in [4.78, 5) is 21.0.